The first kappa shape index (κ1) is 12.5. The highest BCUT2D eigenvalue weighted by molar-refractivity contribution is 5.76. The Labute approximate surface area is 107 Å². The Kier molecular flexibility index (Phi) is 3.55. The summed E-state index contributed by atoms with van der Waals surface area (Å²) in [6.45, 7) is 4.21. The van der Waals surface area contributed by atoms with Crippen LogP contribution in [-0.2, 0) is 0 Å². The van der Waals surface area contributed by atoms with Crippen LogP contribution in [-0.4, -0.2) is 12.3 Å². The van der Waals surface area contributed by atoms with E-state index >= 15 is 0 Å². The summed E-state index contributed by atoms with van der Waals surface area (Å²) in [7, 11) is 1.64. The monoisotopic (exact) mass is 246 g/mol. The van der Waals surface area contributed by atoms with E-state index in [-0.39, 0.29) is 5.92 Å². The SMILES string of the molecule is CCC(C)c1onc(N)c1-c1cccc(OC)c1. The number of nitrogens with two attached hydrogens (primary N) is 1. The topological polar surface area (TPSA) is 61.3 Å². The molecule has 0 saturated heterocycles. The molecule has 4 nitrogen and oxygen atoms in total. The van der Waals surface area contributed by atoms with Crippen molar-refractivity contribution in [1.82, 2.24) is 5.16 Å². The number of hydrogen-bond donors (Lipinski definition) is 1. The van der Waals surface area contributed by atoms with Crippen LogP contribution in [0.1, 0.15) is 31.9 Å². The largest absolute Gasteiger partial charge is 0.497 e. The molecule has 4 heteroatoms. The van der Waals surface area contributed by atoms with Gasteiger partial charge in [0.15, 0.2) is 5.82 Å². The van der Waals surface area contributed by atoms with Gasteiger partial charge in [-0.3, -0.25) is 0 Å². The molecule has 1 unspecified atom stereocenters. The highest BCUT2D eigenvalue weighted by atomic mass is 16.5. The fraction of sp³-hybridized carbons (Fsp3) is 0.357. The van der Waals surface area contributed by atoms with E-state index in [4.69, 9.17) is 15.0 Å². The second-order valence-corrected chi connectivity index (χ2v) is 4.35. The van der Waals surface area contributed by atoms with E-state index < -0.39 is 0 Å². The zero-order valence-corrected chi connectivity index (χ0v) is 10.9. The van der Waals surface area contributed by atoms with Gasteiger partial charge < -0.3 is 15.0 Å². The number of anilines is 1. The Morgan fingerprint density at radius 3 is 2.89 bits per heavy atom. The summed E-state index contributed by atoms with van der Waals surface area (Å²) in [6, 6.07) is 7.75. The second-order valence-electron chi connectivity index (χ2n) is 4.35. The molecule has 2 aromatic rings. The maximum absolute atomic E-state index is 5.91. The Bertz CT molecular complexity index is 534. The molecule has 0 radical (unpaired) electrons. The smallest absolute Gasteiger partial charge is 0.175 e. The predicted octanol–water partition coefficient (Wildman–Crippen LogP) is 3.45. The maximum Gasteiger partial charge on any atom is 0.175 e. The molecule has 96 valence electrons. The minimum atomic E-state index is 0.288. The molecule has 0 aliphatic heterocycles. The third-order valence-electron chi connectivity index (χ3n) is 3.16. The van der Waals surface area contributed by atoms with Crippen molar-refractivity contribution in [2.24, 2.45) is 0 Å². The van der Waals surface area contributed by atoms with Gasteiger partial charge in [0.1, 0.15) is 11.5 Å². The Morgan fingerprint density at radius 1 is 1.44 bits per heavy atom. The Hall–Kier alpha value is -1.97. The van der Waals surface area contributed by atoms with Crippen molar-refractivity contribution in [1.29, 1.82) is 0 Å². The lowest BCUT2D eigenvalue weighted by Crippen LogP contribution is -1.94. The molecule has 18 heavy (non-hydrogen) atoms. The Morgan fingerprint density at radius 2 is 2.22 bits per heavy atom. The third kappa shape index (κ3) is 2.18. The van der Waals surface area contributed by atoms with E-state index in [9.17, 15) is 0 Å². The number of nitrogens with zero attached hydrogens (tertiary/aromatic N) is 1. The summed E-state index contributed by atoms with van der Waals surface area (Å²) in [6.07, 6.45) is 0.978. The number of methoxy groups -OCH3 is 1. The van der Waals surface area contributed by atoms with Crippen molar-refractivity contribution < 1.29 is 9.26 Å². The van der Waals surface area contributed by atoms with E-state index in [0.717, 1.165) is 29.1 Å². The van der Waals surface area contributed by atoms with Crippen LogP contribution in [0.4, 0.5) is 5.82 Å². The summed E-state index contributed by atoms with van der Waals surface area (Å²) in [5.41, 5.74) is 7.77. The first-order valence-corrected chi connectivity index (χ1v) is 6.06. The van der Waals surface area contributed by atoms with Crippen LogP contribution in [0.3, 0.4) is 0 Å². The molecule has 1 atom stereocenters. The number of aromatic nitrogens is 1. The van der Waals surface area contributed by atoms with Gasteiger partial charge in [0, 0.05) is 5.92 Å². The lowest BCUT2D eigenvalue weighted by atomic mass is 9.97. The van der Waals surface area contributed by atoms with Crippen LogP contribution >= 0.6 is 0 Å². The van der Waals surface area contributed by atoms with Crippen LogP contribution in [0.15, 0.2) is 28.8 Å². The van der Waals surface area contributed by atoms with Crippen molar-refractivity contribution in [3.05, 3.63) is 30.0 Å². The van der Waals surface area contributed by atoms with Gasteiger partial charge in [-0.15, -0.1) is 0 Å². The molecule has 1 heterocycles. The van der Waals surface area contributed by atoms with Crippen LogP contribution < -0.4 is 10.5 Å². The normalized spacial score (nSPS) is 12.4. The minimum absolute atomic E-state index is 0.288. The van der Waals surface area contributed by atoms with Crippen molar-refractivity contribution in [3.63, 3.8) is 0 Å². The molecule has 0 aliphatic carbocycles. The molecule has 0 fully saturated rings. The van der Waals surface area contributed by atoms with Gasteiger partial charge in [0.2, 0.25) is 0 Å². The lowest BCUT2D eigenvalue weighted by molar-refractivity contribution is 0.366. The van der Waals surface area contributed by atoms with Gasteiger partial charge in [0.05, 0.1) is 12.7 Å². The van der Waals surface area contributed by atoms with Gasteiger partial charge in [0.25, 0.3) is 0 Å². The molecule has 2 N–H and O–H groups in total. The molecule has 2 rings (SSSR count). The summed E-state index contributed by atoms with van der Waals surface area (Å²) in [4.78, 5) is 0. The number of benzene rings is 1. The predicted molar refractivity (Wildman–Crippen MR) is 71.6 cm³/mol. The zero-order valence-electron chi connectivity index (χ0n) is 10.9. The fourth-order valence-corrected chi connectivity index (χ4v) is 1.91. The maximum atomic E-state index is 5.91. The first-order valence-electron chi connectivity index (χ1n) is 6.06. The molecular formula is C14H18N2O2. The van der Waals surface area contributed by atoms with Crippen molar-refractivity contribution in [3.8, 4) is 16.9 Å². The highest BCUT2D eigenvalue weighted by Crippen LogP contribution is 2.36. The van der Waals surface area contributed by atoms with Gasteiger partial charge in [-0.05, 0) is 24.1 Å². The standard InChI is InChI=1S/C14H18N2O2/c1-4-9(2)13-12(14(15)16-18-13)10-6-5-7-11(8-10)17-3/h5-9H,4H2,1-3H3,(H2,15,16). The van der Waals surface area contributed by atoms with Crippen LogP contribution in [0, 0.1) is 0 Å². The number of hydrogen-bond acceptors (Lipinski definition) is 4. The summed E-state index contributed by atoms with van der Waals surface area (Å²) in [5.74, 6) is 2.35. The molecule has 1 aromatic heterocycles. The molecule has 1 aromatic carbocycles. The summed E-state index contributed by atoms with van der Waals surface area (Å²) in [5, 5.41) is 3.88. The first-order chi connectivity index (χ1) is 8.67. The molecule has 0 saturated carbocycles. The van der Waals surface area contributed by atoms with Crippen LogP contribution in [0.25, 0.3) is 11.1 Å². The van der Waals surface area contributed by atoms with E-state index in [1.54, 1.807) is 7.11 Å². The van der Waals surface area contributed by atoms with Gasteiger partial charge in [-0.2, -0.15) is 0 Å². The average Bonchev–Trinajstić information content (AvgIpc) is 2.79. The summed E-state index contributed by atoms with van der Waals surface area (Å²) >= 11 is 0. The van der Waals surface area contributed by atoms with Gasteiger partial charge in [-0.1, -0.05) is 31.1 Å². The number of ether oxygens (including phenoxy) is 1. The van der Waals surface area contributed by atoms with E-state index in [1.807, 2.05) is 24.3 Å². The number of nitrogen functional groups attached to an aromatic ring is 1. The fourth-order valence-electron chi connectivity index (χ4n) is 1.91. The van der Waals surface area contributed by atoms with Crippen LogP contribution in [0.2, 0.25) is 0 Å². The van der Waals surface area contributed by atoms with Crippen molar-refractivity contribution >= 4 is 5.82 Å². The Balaban J connectivity index is 2.52. The van der Waals surface area contributed by atoms with Crippen LogP contribution in [0.5, 0.6) is 5.75 Å². The van der Waals surface area contributed by atoms with Crippen molar-refractivity contribution in [2.75, 3.05) is 12.8 Å². The second kappa shape index (κ2) is 5.12. The lowest BCUT2D eigenvalue weighted by Gasteiger charge is -2.08. The minimum Gasteiger partial charge on any atom is -0.497 e. The van der Waals surface area contributed by atoms with Gasteiger partial charge >= 0.3 is 0 Å². The van der Waals surface area contributed by atoms with Crippen molar-refractivity contribution in [2.45, 2.75) is 26.2 Å². The molecule has 0 spiro atoms. The van der Waals surface area contributed by atoms with E-state index in [1.165, 1.54) is 0 Å². The number of rotatable bonds is 4. The summed E-state index contributed by atoms with van der Waals surface area (Å²) < 4.78 is 10.6. The zero-order chi connectivity index (χ0) is 13.1. The highest BCUT2D eigenvalue weighted by Gasteiger charge is 2.20. The molecular weight excluding hydrogens is 228 g/mol. The van der Waals surface area contributed by atoms with Gasteiger partial charge in [-0.25, -0.2) is 0 Å². The third-order valence-corrected chi connectivity index (χ3v) is 3.16. The molecule has 0 amide bonds. The molecule has 0 aliphatic rings. The molecule has 0 bridgehead atoms. The quantitative estimate of drug-likeness (QED) is 0.897. The van der Waals surface area contributed by atoms with E-state index in [0.29, 0.717) is 5.82 Å². The average molecular weight is 246 g/mol. The van der Waals surface area contributed by atoms with E-state index in [2.05, 4.69) is 19.0 Å².